The van der Waals surface area contributed by atoms with Gasteiger partial charge < -0.3 is 10.2 Å². The molecule has 1 aliphatic heterocycles. The Hall–Kier alpha value is -2.63. The van der Waals surface area contributed by atoms with Crippen molar-refractivity contribution in [3.05, 3.63) is 46.8 Å². The summed E-state index contributed by atoms with van der Waals surface area (Å²) in [5, 5.41) is 7.84. The lowest BCUT2D eigenvalue weighted by Crippen LogP contribution is -2.49. The van der Waals surface area contributed by atoms with E-state index in [1.54, 1.807) is 0 Å². The largest absolute Gasteiger partial charge is 0.356 e. The molecule has 1 fully saturated rings. The number of unbranched alkanes of at least 4 members (excludes halogenated alkanes) is 1. The lowest BCUT2D eigenvalue weighted by molar-refractivity contribution is -0.126. The number of nitrogens with zero attached hydrogens (tertiary/aromatic N) is 3. The Labute approximate surface area is 185 Å². The van der Waals surface area contributed by atoms with Crippen LogP contribution in [-0.4, -0.2) is 45.6 Å². The van der Waals surface area contributed by atoms with Crippen LogP contribution < -0.4 is 5.32 Å². The van der Waals surface area contributed by atoms with E-state index < -0.39 is 0 Å². The van der Waals surface area contributed by atoms with E-state index in [1.165, 1.54) is 5.56 Å². The minimum atomic E-state index is -0.135. The van der Waals surface area contributed by atoms with Crippen LogP contribution in [0.5, 0.6) is 0 Å². The molecule has 6 heteroatoms. The van der Waals surface area contributed by atoms with E-state index in [4.69, 9.17) is 5.10 Å². The molecule has 0 spiro atoms. The van der Waals surface area contributed by atoms with Gasteiger partial charge in [-0.1, -0.05) is 31.0 Å². The zero-order valence-corrected chi connectivity index (χ0v) is 19.0. The fourth-order valence-electron chi connectivity index (χ4n) is 4.78. The minimum Gasteiger partial charge on any atom is -0.356 e. The number of piperidine rings is 1. The van der Waals surface area contributed by atoms with Crippen molar-refractivity contribution in [3.8, 4) is 5.69 Å². The summed E-state index contributed by atoms with van der Waals surface area (Å²) in [7, 11) is 0. The van der Waals surface area contributed by atoms with Gasteiger partial charge in [0, 0.05) is 30.4 Å². The molecule has 0 radical (unpaired) electrons. The monoisotopic (exact) mass is 422 g/mol. The number of fused-ring (bicyclic) bond motifs is 1. The van der Waals surface area contributed by atoms with Crippen molar-refractivity contribution < 1.29 is 9.59 Å². The molecule has 2 atom stereocenters. The highest BCUT2D eigenvalue weighted by molar-refractivity contribution is 5.95. The van der Waals surface area contributed by atoms with Crippen molar-refractivity contribution in [2.45, 2.75) is 71.8 Å². The number of carbonyl (C=O) groups excluding carboxylic acids is 2. The van der Waals surface area contributed by atoms with Gasteiger partial charge in [0.1, 0.15) is 0 Å². The fourth-order valence-corrected chi connectivity index (χ4v) is 4.78. The number of likely N-dealkylation sites (tertiary alicyclic amines) is 1. The lowest BCUT2D eigenvalue weighted by atomic mass is 9.92. The highest BCUT2D eigenvalue weighted by Crippen LogP contribution is 2.31. The number of amides is 2. The first kappa shape index (κ1) is 21.6. The van der Waals surface area contributed by atoms with Gasteiger partial charge >= 0.3 is 0 Å². The molecule has 1 N–H and O–H groups in total. The molecule has 2 aromatic rings. The van der Waals surface area contributed by atoms with Crippen LogP contribution in [0.3, 0.4) is 0 Å². The van der Waals surface area contributed by atoms with Gasteiger partial charge in [-0.25, -0.2) is 4.68 Å². The third kappa shape index (κ3) is 4.39. The van der Waals surface area contributed by atoms with Crippen molar-refractivity contribution in [2.75, 3.05) is 13.1 Å². The second kappa shape index (κ2) is 9.25. The number of hydrogen-bond donors (Lipinski definition) is 1. The summed E-state index contributed by atoms with van der Waals surface area (Å²) in [5.41, 5.74) is 5.03. The zero-order valence-electron chi connectivity index (χ0n) is 19.0. The number of rotatable bonds is 6. The maximum Gasteiger partial charge on any atom is 0.274 e. The normalized spacial score (nSPS) is 20.5. The summed E-state index contributed by atoms with van der Waals surface area (Å²) in [4.78, 5) is 28.1. The SMILES string of the molecule is CCCCNC(=O)C1CCC(C)N(C(=O)c2nn(-c3ccc(C)cc3)c3c2CCC3)C1. The van der Waals surface area contributed by atoms with E-state index in [2.05, 4.69) is 50.4 Å². The topological polar surface area (TPSA) is 67.2 Å². The summed E-state index contributed by atoms with van der Waals surface area (Å²) in [6, 6.07) is 8.40. The smallest absolute Gasteiger partial charge is 0.274 e. The van der Waals surface area contributed by atoms with Crippen LogP contribution in [-0.2, 0) is 17.6 Å². The highest BCUT2D eigenvalue weighted by atomic mass is 16.2. The van der Waals surface area contributed by atoms with Crippen molar-refractivity contribution in [3.63, 3.8) is 0 Å². The highest BCUT2D eigenvalue weighted by Gasteiger charge is 2.36. The molecule has 1 aromatic heterocycles. The fraction of sp³-hybridized carbons (Fsp3) is 0.560. The predicted octanol–water partition coefficient (Wildman–Crippen LogP) is 3.83. The Bertz CT molecular complexity index is 947. The Morgan fingerprint density at radius 3 is 2.68 bits per heavy atom. The molecule has 1 aliphatic carbocycles. The first-order chi connectivity index (χ1) is 15.0. The zero-order chi connectivity index (χ0) is 22.0. The first-order valence-electron chi connectivity index (χ1n) is 11.8. The molecule has 6 nitrogen and oxygen atoms in total. The van der Waals surface area contributed by atoms with Gasteiger partial charge in [-0.05, 0) is 64.5 Å². The molecule has 0 saturated carbocycles. The van der Waals surface area contributed by atoms with Gasteiger partial charge in [-0.3, -0.25) is 9.59 Å². The van der Waals surface area contributed by atoms with Gasteiger partial charge in [0.25, 0.3) is 5.91 Å². The van der Waals surface area contributed by atoms with Crippen LogP contribution in [0.15, 0.2) is 24.3 Å². The predicted molar refractivity (Wildman–Crippen MR) is 121 cm³/mol. The van der Waals surface area contributed by atoms with E-state index in [-0.39, 0.29) is 23.8 Å². The second-order valence-corrected chi connectivity index (χ2v) is 9.10. The molecule has 1 aromatic carbocycles. The molecule has 2 unspecified atom stereocenters. The maximum atomic E-state index is 13.6. The van der Waals surface area contributed by atoms with E-state index in [9.17, 15) is 9.59 Å². The third-order valence-corrected chi connectivity index (χ3v) is 6.75. The van der Waals surface area contributed by atoms with E-state index >= 15 is 0 Å². The van der Waals surface area contributed by atoms with Crippen molar-refractivity contribution in [1.29, 1.82) is 0 Å². The van der Waals surface area contributed by atoms with Crippen LogP contribution in [0.1, 0.15) is 73.3 Å². The lowest BCUT2D eigenvalue weighted by Gasteiger charge is -2.37. The van der Waals surface area contributed by atoms with Gasteiger partial charge in [0.2, 0.25) is 5.91 Å². The standard InChI is InChI=1S/C25H34N4O2/c1-4-5-15-26-24(30)19-12-11-18(3)28(16-19)25(31)23-21-7-6-8-22(21)29(27-23)20-13-9-17(2)10-14-20/h9-10,13-14,18-19H,4-8,11-12,15-16H2,1-3H3,(H,26,30). The number of aromatic nitrogens is 2. The van der Waals surface area contributed by atoms with E-state index in [0.29, 0.717) is 18.8 Å². The number of hydrogen-bond acceptors (Lipinski definition) is 3. The van der Waals surface area contributed by atoms with Gasteiger partial charge in [-0.15, -0.1) is 0 Å². The summed E-state index contributed by atoms with van der Waals surface area (Å²) in [5.74, 6) is -0.0830. The molecule has 1 saturated heterocycles. The van der Waals surface area contributed by atoms with Crippen LogP contribution >= 0.6 is 0 Å². The van der Waals surface area contributed by atoms with Crippen LogP contribution in [0, 0.1) is 12.8 Å². The molecule has 4 rings (SSSR count). The molecule has 2 aliphatic rings. The van der Waals surface area contributed by atoms with Crippen LogP contribution in [0.4, 0.5) is 0 Å². The van der Waals surface area contributed by atoms with Gasteiger partial charge in [0.15, 0.2) is 5.69 Å². The van der Waals surface area contributed by atoms with Crippen LogP contribution in [0.25, 0.3) is 5.69 Å². The minimum absolute atomic E-state index is 0.0254. The molecule has 31 heavy (non-hydrogen) atoms. The molecule has 0 bridgehead atoms. The summed E-state index contributed by atoms with van der Waals surface area (Å²) in [6.45, 7) is 7.45. The second-order valence-electron chi connectivity index (χ2n) is 9.10. The Morgan fingerprint density at radius 1 is 1.16 bits per heavy atom. The Balaban J connectivity index is 1.56. The Morgan fingerprint density at radius 2 is 1.94 bits per heavy atom. The summed E-state index contributed by atoms with van der Waals surface area (Å²) < 4.78 is 1.96. The van der Waals surface area contributed by atoms with Crippen molar-refractivity contribution >= 4 is 11.8 Å². The number of aryl methyl sites for hydroxylation is 1. The molecular weight excluding hydrogens is 388 g/mol. The molecular formula is C25H34N4O2. The van der Waals surface area contributed by atoms with Crippen LogP contribution in [0.2, 0.25) is 0 Å². The number of carbonyl (C=O) groups is 2. The summed E-state index contributed by atoms with van der Waals surface area (Å²) in [6.07, 6.45) is 6.61. The summed E-state index contributed by atoms with van der Waals surface area (Å²) >= 11 is 0. The average Bonchev–Trinajstić information content (AvgIpc) is 3.37. The number of nitrogens with one attached hydrogen (secondary N) is 1. The first-order valence-corrected chi connectivity index (χ1v) is 11.8. The quantitative estimate of drug-likeness (QED) is 0.720. The average molecular weight is 423 g/mol. The van der Waals surface area contributed by atoms with Gasteiger partial charge in [-0.2, -0.15) is 5.10 Å². The molecule has 166 valence electrons. The Kier molecular flexibility index (Phi) is 6.44. The van der Waals surface area contributed by atoms with E-state index in [0.717, 1.165) is 61.9 Å². The van der Waals surface area contributed by atoms with Gasteiger partial charge in [0.05, 0.1) is 11.6 Å². The van der Waals surface area contributed by atoms with Crippen molar-refractivity contribution in [1.82, 2.24) is 20.0 Å². The maximum absolute atomic E-state index is 13.6. The molecule has 2 heterocycles. The van der Waals surface area contributed by atoms with Crippen molar-refractivity contribution in [2.24, 2.45) is 5.92 Å². The molecule has 2 amide bonds. The third-order valence-electron chi connectivity index (χ3n) is 6.75. The van der Waals surface area contributed by atoms with E-state index in [1.807, 2.05) is 9.58 Å². The number of benzene rings is 1.